The Morgan fingerprint density at radius 3 is 2.40 bits per heavy atom. The third-order valence-corrected chi connectivity index (χ3v) is 9.52. The van der Waals surface area contributed by atoms with Gasteiger partial charge in [-0.25, -0.2) is 0 Å². The number of rotatable bonds is 4. The van der Waals surface area contributed by atoms with Gasteiger partial charge in [0.2, 0.25) is 0 Å². The van der Waals surface area contributed by atoms with Crippen LogP contribution in [0.25, 0.3) is 0 Å². The van der Waals surface area contributed by atoms with Crippen molar-refractivity contribution in [1.82, 2.24) is 0 Å². The molecular formula is C16H32O3Si. The Morgan fingerprint density at radius 2 is 1.90 bits per heavy atom. The normalized spacial score (nSPS) is 30.0. The van der Waals surface area contributed by atoms with E-state index in [0.717, 1.165) is 6.42 Å². The monoisotopic (exact) mass is 300 g/mol. The van der Waals surface area contributed by atoms with Crippen LogP contribution in [0.2, 0.25) is 18.1 Å². The second-order valence-corrected chi connectivity index (χ2v) is 12.9. The van der Waals surface area contributed by atoms with Gasteiger partial charge in [0, 0.05) is 12.5 Å². The van der Waals surface area contributed by atoms with Gasteiger partial charge in [-0.05, 0) is 30.5 Å². The molecule has 1 heterocycles. The number of cyclic esters (lactones) is 1. The van der Waals surface area contributed by atoms with Crippen LogP contribution in [0.1, 0.15) is 48.0 Å². The van der Waals surface area contributed by atoms with Gasteiger partial charge >= 0.3 is 5.97 Å². The van der Waals surface area contributed by atoms with E-state index in [-0.39, 0.29) is 28.9 Å². The Morgan fingerprint density at radius 1 is 1.35 bits per heavy atom. The minimum absolute atomic E-state index is 0.00321. The van der Waals surface area contributed by atoms with Gasteiger partial charge in [0.1, 0.15) is 6.10 Å². The van der Waals surface area contributed by atoms with Gasteiger partial charge in [0.05, 0.1) is 5.92 Å². The average molecular weight is 301 g/mol. The first-order valence-corrected chi connectivity index (χ1v) is 10.7. The van der Waals surface area contributed by atoms with Crippen molar-refractivity contribution in [3.8, 4) is 0 Å². The molecule has 118 valence electrons. The summed E-state index contributed by atoms with van der Waals surface area (Å²) in [4.78, 5) is 11.8. The molecule has 1 aliphatic heterocycles. The molecule has 0 saturated carbocycles. The summed E-state index contributed by atoms with van der Waals surface area (Å²) in [5.41, 5.74) is 0. The van der Waals surface area contributed by atoms with E-state index in [4.69, 9.17) is 9.16 Å². The third-order valence-electron chi connectivity index (χ3n) is 5.01. The van der Waals surface area contributed by atoms with Crippen molar-refractivity contribution in [1.29, 1.82) is 0 Å². The molecule has 1 fully saturated rings. The van der Waals surface area contributed by atoms with E-state index >= 15 is 0 Å². The zero-order valence-corrected chi connectivity index (χ0v) is 15.4. The van der Waals surface area contributed by atoms with E-state index in [2.05, 4.69) is 47.7 Å². The molecule has 4 heteroatoms. The van der Waals surface area contributed by atoms with Crippen molar-refractivity contribution in [3.63, 3.8) is 0 Å². The van der Waals surface area contributed by atoms with Gasteiger partial charge in [-0.3, -0.25) is 4.79 Å². The molecule has 1 rings (SSSR count). The first kappa shape index (κ1) is 17.7. The quantitative estimate of drug-likeness (QED) is 0.575. The molecule has 0 aliphatic carbocycles. The lowest BCUT2D eigenvalue weighted by molar-refractivity contribution is -0.169. The molecule has 4 atom stereocenters. The van der Waals surface area contributed by atoms with Crippen LogP contribution >= 0.6 is 0 Å². The molecule has 3 nitrogen and oxygen atoms in total. The summed E-state index contributed by atoms with van der Waals surface area (Å²) in [6, 6.07) is 0. The van der Waals surface area contributed by atoms with Gasteiger partial charge in [-0.1, -0.05) is 41.5 Å². The summed E-state index contributed by atoms with van der Waals surface area (Å²) in [5.74, 6) is 0.665. The molecule has 0 radical (unpaired) electrons. The van der Waals surface area contributed by atoms with Crippen molar-refractivity contribution in [2.24, 2.45) is 17.8 Å². The highest BCUT2D eigenvalue weighted by atomic mass is 28.4. The summed E-state index contributed by atoms with van der Waals surface area (Å²) < 4.78 is 11.9. The van der Waals surface area contributed by atoms with Crippen molar-refractivity contribution >= 4 is 14.3 Å². The summed E-state index contributed by atoms with van der Waals surface area (Å²) >= 11 is 0. The summed E-state index contributed by atoms with van der Waals surface area (Å²) in [6.45, 7) is 18.2. The van der Waals surface area contributed by atoms with Crippen molar-refractivity contribution < 1.29 is 14.0 Å². The SMILES string of the molecule is C[C@@H]1C[C@@H](C)[C@@H]([C@H](C)CO[Si](C)(C)C(C)(C)C)OC1=O. The molecule has 0 aromatic heterocycles. The Bertz CT molecular complexity index is 346. The number of esters is 1. The predicted octanol–water partition coefficient (Wildman–Crippen LogP) is 4.23. The predicted molar refractivity (Wildman–Crippen MR) is 85.1 cm³/mol. The van der Waals surface area contributed by atoms with E-state index in [9.17, 15) is 4.79 Å². The Kier molecular flexibility index (Phi) is 5.47. The van der Waals surface area contributed by atoms with Gasteiger partial charge in [0.25, 0.3) is 0 Å². The van der Waals surface area contributed by atoms with E-state index < -0.39 is 8.32 Å². The standard InChI is InChI=1S/C16H32O3Si/c1-11-9-12(2)15(17)19-14(11)13(3)10-18-20(7,8)16(4,5)6/h11-14H,9-10H2,1-8H3/t11-,12-,13-,14+/m1/s1. The van der Waals surface area contributed by atoms with E-state index in [0.29, 0.717) is 12.5 Å². The minimum atomic E-state index is -1.72. The Balaban J connectivity index is 2.59. The topological polar surface area (TPSA) is 35.5 Å². The second kappa shape index (κ2) is 6.18. The summed E-state index contributed by atoms with van der Waals surface area (Å²) in [6.07, 6.45) is 0.928. The van der Waals surface area contributed by atoms with Gasteiger partial charge in [-0.15, -0.1) is 0 Å². The van der Waals surface area contributed by atoms with E-state index in [1.54, 1.807) is 0 Å². The van der Waals surface area contributed by atoms with Gasteiger partial charge < -0.3 is 9.16 Å². The van der Waals surface area contributed by atoms with Crippen LogP contribution in [0, 0.1) is 17.8 Å². The molecule has 1 saturated heterocycles. The first-order chi connectivity index (χ1) is 8.95. The molecule has 1 aliphatic rings. The van der Waals surface area contributed by atoms with E-state index in [1.165, 1.54) is 0 Å². The number of ether oxygens (including phenoxy) is 1. The van der Waals surface area contributed by atoms with Crippen molar-refractivity contribution in [2.45, 2.75) is 72.2 Å². The van der Waals surface area contributed by atoms with Crippen LogP contribution in [0.15, 0.2) is 0 Å². The fraction of sp³-hybridized carbons (Fsp3) is 0.938. The van der Waals surface area contributed by atoms with Crippen LogP contribution in [-0.4, -0.2) is 27.0 Å². The largest absolute Gasteiger partial charge is 0.462 e. The Hall–Kier alpha value is -0.353. The number of carbonyl (C=O) groups excluding carboxylic acids is 1. The zero-order valence-electron chi connectivity index (χ0n) is 14.4. The highest BCUT2D eigenvalue weighted by Crippen LogP contribution is 2.37. The molecule has 0 amide bonds. The fourth-order valence-electron chi connectivity index (χ4n) is 2.48. The zero-order chi connectivity index (χ0) is 15.7. The summed E-state index contributed by atoms with van der Waals surface area (Å²) in [7, 11) is -1.72. The molecule has 0 spiro atoms. The molecule has 0 N–H and O–H groups in total. The lowest BCUT2D eigenvalue weighted by Crippen LogP contribution is -2.45. The smallest absolute Gasteiger partial charge is 0.308 e. The maximum atomic E-state index is 11.8. The summed E-state index contributed by atoms with van der Waals surface area (Å²) in [5, 5.41) is 0.218. The molecule has 0 aromatic carbocycles. The molecule has 0 aromatic rings. The highest BCUT2D eigenvalue weighted by Gasteiger charge is 2.40. The third kappa shape index (κ3) is 4.07. The molecule has 0 bridgehead atoms. The van der Waals surface area contributed by atoms with Crippen LogP contribution in [0.3, 0.4) is 0 Å². The lowest BCUT2D eigenvalue weighted by Gasteiger charge is -2.40. The fourth-order valence-corrected chi connectivity index (χ4v) is 3.60. The lowest BCUT2D eigenvalue weighted by atomic mass is 9.84. The second-order valence-electron chi connectivity index (χ2n) is 8.06. The highest BCUT2D eigenvalue weighted by molar-refractivity contribution is 6.74. The molecular weight excluding hydrogens is 268 g/mol. The molecule has 0 unspecified atom stereocenters. The van der Waals surface area contributed by atoms with E-state index in [1.807, 2.05) is 6.92 Å². The van der Waals surface area contributed by atoms with Crippen LogP contribution in [-0.2, 0) is 14.0 Å². The van der Waals surface area contributed by atoms with Crippen molar-refractivity contribution in [2.75, 3.05) is 6.61 Å². The Labute approximate surface area is 125 Å². The first-order valence-electron chi connectivity index (χ1n) is 7.80. The van der Waals surface area contributed by atoms with Crippen LogP contribution < -0.4 is 0 Å². The maximum Gasteiger partial charge on any atom is 0.308 e. The number of carbonyl (C=O) groups is 1. The minimum Gasteiger partial charge on any atom is -0.462 e. The van der Waals surface area contributed by atoms with Crippen LogP contribution in [0.4, 0.5) is 0 Å². The number of hydrogen-bond donors (Lipinski definition) is 0. The average Bonchev–Trinajstić information content (AvgIpc) is 2.29. The van der Waals surface area contributed by atoms with Crippen LogP contribution in [0.5, 0.6) is 0 Å². The maximum absolute atomic E-state index is 11.8. The van der Waals surface area contributed by atoms with Crippen molar-refractivity contribution in [3.05, 3.63) is 0 Å². The number of hydrogen-bond acceptors (Lipinski definition) is 3. The van der Waals surface area contributed by atoms with Gasteiger partial charge in [0.15, 0.2) is 8.32 Å². The molecule has 20 heavy (non-hydrogen) atoms. The van der Waals surface area contributed by atoms with Gasteiger partial charge in [-0.2, -0.15) is 0 Å².